The lowest BCUT2D eigenvalue weighted by Crippen LogP contribution is -2.43. The van der Waals surface area contributed by atoms with Crippen LogP contribution in [-0.2, 0) is 4.74 Å². The molecule has 1 aliphatic rings. The van der Waals surface area contributed by atoms with E-state index in [4.69, 9.17) is 4.74 Å². The normalized spacial score (nSPS) is 45.8. The van der Waals surface area contributed by atoms with E-state index in [0.717, 1.165) is 12.8 Å². The second kappa shape index (κ2) is 3.52. The van der Waals surface area contributed by atoms with Crippen molar-refractivity contribution in [2.24, 2.45) is 5.92 Å². The first-order chi connectivity index (χ1) is 5.15. The Labute approximate surface area is 67.0 Å². The second-order valence-corrected chi connectivity index (χ2v) is 3.26. The van der Waals surface area contributed by atoms with Gasteiger partial charge in [0, 0.05) is 0 Å². The lowest BCUT2D eigenvalue weighted by Gasteiger charge is -2.34. The molecular formula is C8H16O3. The second-order valence-electron chi connectivity index (χ2n) is 3.26. The van der Waals surface area contributed by atoms with E-state index in [9.17, 15) is 10.2 Å². The van der Waals surface area contributed by atoms with Crippen molar-refractivity contribution in [3.8, 4) is 0 Å². The highest BCUT2D eigenvalue weighted by Gasteiger charge is 2.32. The van der Waals surface area contributed by atoms with Gasteiger partial charge >= 0.3 is 0 Å². The molecule has 0 aromatic rings. The number of ether oxygens (including phenoxy) is 1. The molecule has 1 unspecified atom stereocenters. The van der Waals surface area contributed by atoms with Crippen molar-refractivity contribution in [1.82, 2.24) is 0 Å². The van der Waals surface area contributed by atoms with Crippen LogP contribution in [0.5, 0.6) is 0 Å². The van der Waals surface area contributed by atoms with E-state index in [1.165, 1.54) is 0 Å². The molecule has 0 saturated carbocycles. The van der Waals surface area contributed by atoms with Gasteiger partial charge in [-0.3, -0.25) is 0 Å². The quantitative estimate of drug-likeness (QED) is 0.587. The third kappa shape index (κ3) is 1.92. The summed E-state index contributed by atoms with van der Waals surface area (Å²) in [7, 11) is 0. The molecule has 0 spiro atoms. The Kier molecular flexibility index (Phi) is 2.87. The lowest BCUT2D eigenvalue weighted by molar-refractivity contribution is -0.231. The van der Waals surface area contributed by atoms with Crippen molar-refractivity contribution in [2.45, 2.75) is 45.2 Å². The SMILES string of the molecule is CC[C@@H]1C[C@@H](C)[C@@H](O)C(O)O1. The van der Waals surface area contributed by atoms with Crippen LogP contribution in [0, 0.1) is 5.92 Å². The minimum Gasteiger partial charge on any atom is -0.388 e. The molecule has 1 aliphatic heterocycles. The minimum atomic E-state index is -0.983. The van der Waals surface area contributed by atoms with Gasteiger partial charge in [-0.1, -0.05) is 13.8 Å². The molecule has 1 saturated heterocycles. The smallest absolute Gasteiger partial charge is 0.181 e. The Morgan fingerprint density at radius 1 is 1.45 bits per heavy atom. The van der Waals surface area contributed by atoms with E-state index in [1.54, 1.807) is 0 Å². The van der Waals surface area contributed by atoms with Crippen LogP contribution in [0.3, 0.4) is 0 Å². The van der Waals surface area contributed by atoms with E-state index < -0.39 is 12.4 Å². The van der Waals surface area contributed by atoms with E-state index in [-0.39, 0.29) is 12.0 Å². The van der Waals surface area contributed by atoms with Crippen LogP contribution >= 0.6 is 0 Å². The lowest BCUT2D eigenvalue weighted by atomic mass is 9.93. The predicted molar refractivity (Wildman–Crippen MR) is 41.0 cm³/mol. The van der Waals surface area contributed by atoms with Crippen LogP contribution in [0.4, 0.5) is 0 Å². The van der Waals surface area contributed by atoms with Crippen molar-refractivity contribution in [3.05, 3.63) is 0 Å². The Hall–Kier alpha value is -0.120. The monoisotopic (exact) mass is 160 g/mol. The van der Waals surface area contributed by atoms with Gasteiger partial charge in [0.1, 0.15) is 6.10 Å². The standard InChI is InChI=1S/C8H16O3/c1-3-6-4-5(2)7(9)8(10)11-6/h5-10H,3-4H2,1-2H3/t5-,6-,7-,8?/m1/s1. The fourth-order valence-corrected chi connectivity index (χ4v) is 1.43. The number of rotatable bonds is 1. The average molecular weight is 160 g/mol. The predicted octanol–water partition coefficient (Wildman–Crippen LogP) is 0.501. The van der Waals surface area contributed by atoms with Gasteiger partial charge in [0.05, 0.1) is 6.10 Å². The van der Waals surface area contributed by atoms with E-state index >= 15 is 0 Å². The Balaban J connectivity index is 2.47. The maximum absolute atomic E-state index is 9.28. The van der Waals surface area contributed by atoms with Crippen LogP contribution in [0.25, 0.3) is 0 Å². The fourth-order valence-electron chi connectivity index (χ4n) is 1.43. The molecule has 0 radical (unpaired) electrons. The molecule has 1 fully saturated rings. The molecule has 0 aliphatic carbocycles. The molecule has 0 bridgehead atoms. The van der Waals surface area contributed by atoms with E-state index in [0.29, 0.717) is 0 Å². The summed E-state index contributed by atoms with van der Waals surface area (Å²) in [6.07, 6.45) is 0.160. The Bertz CT molecular complexity index is 115. The summed E-state index contributed by atoms with van der Waals surface area (Å²) in [5, 5.41) is 18.5. The van der Waals surface area contributed by atoms with Crippen LogP contribution in [0.1, 0.15) is 26.7 Å². The maximum Gasteiger partial charge on any atom is 0.181 e. The zero-order chi connectivity index (χ0) is 8.43. The fraction of sp³-hybridized carbons (Fsp3) is 1.00. The molecule has 3 heteroatoms. The summed E-state index contributed by atoms with van der Waals surface area (Å²) in [6.45, 7) is 3.95. The van der Waals surface area contributed by atoms with Crippen LogP contribution in [0.15, 0.2) is 0 Å². The van der Waals surface area contributed by atoms with Crippen LogP contribution in [0.2, 0.25) is 0 Å². The number of hydrogen-bond donors (Lipinski definition) is 2. The number of aliphatic hydroxyl groups excluding tert-OH is 2. The highest BCUT2D eigenvalue weighted by Crippen LogP contribution is 2.25. The van der Waals surface area contributed by atoms with Crippen molar-refractivity contribution in [3.63, 3.8) is 0 Å². The van der Waals surface area contributed by atoms with Gasteiger partial charge < -0.3 is 14.9 Å². The first-order valence-electron chi connectivity index (χ1n) is 4.16. The Morgan fingerprint density at radius 3 is 2.55 bits per heavy atom. The topological polar surface area (TPSA) is 49.7 Å². The Morgan fingerprint density at radius 2 is 2.09 bits per heavy atom. The van der Waals surface area contributed by atoms with Gasteiger partial charge in [0.25, 0.3) is 0 Å². The van der Waals surface area contributed by atoms with Gasteiger partial charge in [0.15, 0.2) is 6.29 Å². The molecule has 0 amide bonds. The van der Waals surface area contributed by atoms with Crippen molar-refractivity contribution < 1.29 is 14.9 Å². The third-order valence-electron chi connectivity index (χ3n) is 2.30. The maximum atomic E-state index is 9.28. The minimum absolute atomic E-state index is 0.114. The number of aliphatic hydroxyl groups is 2. The molecule has 66 valence electrons. The van der Waals surface area contributed by atoms with Crippen LogP contribution in [-0.4, -0.2) is 28.7 Å². The zero-order valence-electron chi connectivity index (χ0n) is 7.03. The molecule has 0 aromatic heterocycles. The molecule has 11 heavy (non-hydrogen) atoms. The van der Waals surface area contributed by atoms with Gasteiger partial charge in [-0.2, -0.15) is 0 Å². The summed E-state index contributed by atoms with van der Waals surface area (Å²) < 4.78 is 5.12. The van der Waals surface area contributed by atoms with E-state index in [1.807, 2.05) is 13.8 Å². The van der Waals surface area contributed by atoms with Gasteiger partial charge in [-0.25, -0.2) is 0 Å². The largest absolute Gasteiger partial charge is 0.388 e. The molecular weight excluding hydrogens is 144 g/mol. The number of hydrogen-bond acceptors (Lipinski definition) is 3. The van der Waals surface area contributed by atoms with Gasteiger partial charge in [0.2, 0.25) is 0 Å². The van der Waals surface area contributed by atoms with E-state index in [2.05, 4.69) is 0 Å². The summed E-state index contributed by atoms with van der Waals surface area (Å²) in [4.78, 5) is 0. The molecule has 1 rings (SSSR count). The molecule has 1 heterocycles. The first-order valence-corrected chi connectivity index (χ1v) is 4.16. The average Bonchev–Trinajstić information content (AvgIpc) is 1.99. The first kappa shape index (κ1) is 8.97. The summed E-state index contributed by atoms with van der Waals surface area (Å²) >= 11 is 0. The molecule has 0 aromatic carbocycles. The summed E-state index contributed by atoms with van der Waals surface area (Å²) in [5.74, 6) is 0.142. The highest BCUT2D eigenvalue weighted by molar-refractivity contribution is 4.77. The zero-order valence-corrected chi connectivity index (χ0v) is 7.03. The summed E-state index contributed by atoms with van der Waals surface area (Å²) in [5.41, 5.74) is 0. The highest BCUT2D eigenvalue weighted by atomic mass is 16.6. The molecule has 2 N–H and O–H groups in total. The van der Waals surface area contributed by atoms with Crippen molar-refractivity contribution >= 4 is 0 Å². The van der Waals surface area contributed by atoms with Gasteiger partial charge in [-0.15, -0.1) is 0 Å². The molecule has 3 nitrogen and oxygen atoms in total. The van der Waals surface area contributed by atoms with Crippen molar-refractivity contribution in [2.75, 3.05) is 0 Å². The van der Waals surface area contributed by atoms with Crippen LogP contribution < -0.4 is 0 Å². The van der Waals surface area contributed by atoms with Crippen molar-refractivity contribution in [1.29, 1.82) is 0 Å². The third-order valence-corrected chi connectivity index (χ3v) is 2.30. The van der Waals surface area contributed by atoms with Gasteiger partial charge in [-0.05, 0) is 18.8 Å². The summed E-state index contributed by atoms with van der Waals surface area (Å²) in [6, 6.07) is 0. The molecule has 4 atom stereocenters.